The molecule has 9 rings (SSSR count). The van der Waals surface area contributed by atoms with Crippen LogP contribution >= 0.6 is 12.4 Å². The number of aryl methyl sites for hydroxylation is 2. The molecule has 3 aromatic heterocycles. The van der Waals surface area contributed by atoms with Crippen LogP contribution in [0.15, 0.2) is 160 Å². The molecule has 20 heteroatoms. The predicted molar refractivity (Wildman–Crippen MR) is 329 cm³/mol. The number of halogens is 1. The van der Waals surface area contributed by atoms with Crippen molar-refractivity contribution in [1.82, 2.24) is 42.9 Å². The number of likely N-dealkylation sites (N-methyl/N-ethyl adjacent to an activating group) is 3. The highest BCUT2D eigenvalue weighted by Gasteiger charge is 2.22. The van der Waals surface area contributed by atoms with Crippen LogP contribution in [0.4, 0.5) is 9.59 Å². The Kier molecular flexibility index (Phi) is 22.1. The fraction of sp³-hybridized carbons (Fsp3) is 0.349. The van der Waals surface area contributed by atoms with E-state index in [1.807, 2.05) is 188 Å². The number of nitrogens with zero attached hydrogens (tertiary/aromatic N) is 7. The average Bonchev–Trinajstić information content (AvgIpc) is 2.64. The molecule has 0 saturated heterocycles. The second kappa shape index (κ2) is 28.8. The lowest BCUT2D eigenvalue weighted by Crippen LogP contribution is -2.36. The third-order valence-electron chi connectivity index (χ3n) is 13.0. The molecule has 0 radical (unpaired) electrons. The van der Waals surface area contributed by atoms with Crippen molar-refractivity contribution in [1.29, 1.82) is 0 Å². The van der Waals surface area contributed by atoms with Gasteiger partial charge >= 0.3 is 29.3 Å². The molecule has 0 aliphatic heterocycles. The van der Waals surface area contributed by atoms with E-state index in [9.17, 15) is 24.0 Å². The Morgan fingerprint density at radius 2 is 0.855 bits per heavy atom. The van der Waals surface area contributed by atoms with Crippen LogP contribution in [-0.4, -0.2) is 122 Å². The molecule has 9 aromatic rings. The van der Waals surface area contributed by atoms with Gasteiger partial charge in [-0.05, 0) is 102 Å². The van der Waals surface area contributed by atoms with Gasteiger partial charge in [-0.15, -0.1) is 12.4 Å². The number of fused-ring (bicyclic) bond motifs is 3. The van der Waals surface area contributed by atoms with Crippen molar-refractivity contribution in [3.63, 3.8) is 0 Å². The van der Waals surface area contributed by atoms with Gasteiger partial charge in [-0.1, -0.05) is 109 Å². The van der Waals surface area contributed by atoms with E-state index in [-0.39, 0.29) is 42.7 Å². The maximum atomic E-state index is 12.8. The number of rotatable bonds is 18. The van der Waals surface area contributed by atoms with Gasteiger partial charge < -0.3 is 43.8 Å². The fourth-order valence-electron chi connectivity index (χ4n) is 8.87. The zero-order chi connectivity index (χ0) is 59.1. The third kappa shape index (κ3) is 17.0. The van der Waals surface area contributed by atoms with Crippen LogP contribution in [0.25, 0.3) is 33.1 Å². The summed E-state index contributed by atoms with van der Waals surface area (Å²) in [6, 6.07) is 46.6. The highest BCUT2D eigenvalue weighted by molar-refractivity contribution is 5.86. The van der Waals surface area contributed by atoms with Gasteiger partial charge in [0.05, 0.1) is 49.3 Å². The van der Waals surface area contributed by atoms with E-state index < -0.39 is 23.4 Å². The van der Waals surface area contributed by atoms with Gasteiger partial charge in [-0.2, -0.15) is 0 Å². The monoisotopic (exact) mass is 1160 g/mol. The Hall–Kier alpha value is -8.68. The second-order valence-corrected chi connectivity index (χ2v) is 21.7. The Morgan fingerprint density at radius 3 is 1.25 bits per heavy atom. The summed E-state index contributed by atoms with van der Waals surface area (Å²) in [5, 5.41) is 3.05. The van der Waals surface area contributed by atoms with Crippen LogP contribution in [0.5, 0.6) is 17.2 Å². The number of aromatic amines is 1. The zero-order valence-electron chi connectivity index (χ0n) is 49.3. The molecule has 0 bridgehead atoms. The maximum absolute atomic E-state index is 12.8. The molecular weight excluding hydrogens is 1080 g/mol. The summed E-state index contributed by atoms with van der Waals surface area (Å²) >= 11 is 0. The van der Waals surface area contributed by atoms with E-state index in [0.717, 1.165) is 56.6 Å². The number of hydrogen-bond acceptors (Lipinski definition) is 11. The molecule has 19 nitrogen and oxygen atoms in total. The molecule has 83 heavy (non-hydrogen) atoms. The number of nitrogens with one attached hydrogen (secondary N) is 2. The molecule has 0 fully saturated rings. The van der Waals surface area contributed by atoms with Crippen molar-refractivity contribution in [2.45, 2.75) is 72.4 Å². The van der Waals surface area contributed by atoms with Gasteiger partial charge in [0.1, 0.15) is 64.8 Å². The van der Waals surface area contributed by atoms with Gasteiger partial charge in [-0.3, -0.25) is 22.8 Å². The molecule has 3 heterocycles. The van der Waals surface area contributed by atoms with Crippen molar-refractivity contribution in [2.75, 3.05) is 60.6 Å². The number of amides is 2. The lowest BCUT2D eigenvalue weighted by Gasteiger charge is -2.24. The topological polar surface area (TPSA) is 190 Å². The molecule has 0 unspecified atom stereocenters. The van der Waals surface area contributed by atoms with Crippen LogP contribution in [0.1, 0.15) is 58.2 Å². The van der Waals surface area contributed by atoms with Gasteiger partial charge in [0.15, 0.2) is 0 Å². The minimum Gasteiger partial charge on any atom is -0.490 e. The number of carbonyl (C=O) groups is 2. The van der Waals surface area contributed by atoms with E-state index in [1.165, 1.54) is 9.80 Å². The molecule has 0 atom stereocenters. The largest absolute Gasteiger partial charge is 0.490 e. The lowest BCUT2D eigenvalue weighted by molar-refractivity contribution is 0.0269. The highest BCUT2D eigenvalue weighted by atomic mass is 35.5. The minimum absolute atomic E-state index is 0. The van der Waals surface area contributed by atoms with E-state index in [4.69, 9.17) is 23.7 Å². The summed E-state index contributed by atoms with van der Waals surface area (Å²) in [4.78, 5) is 67.9. The van der Waals surface area contributed by atoms with Crippen LogP contribution in [0, 0.1) is 0 Å². The molecule has 0 spiro atoms. The summed E-state index contributed by atoms with van der Waals surface area (Å²) < 4.78 is 36.8. The quantitative estimate of drug-likeness (QED) is 0.0778. The van der Waals surface area contributed by atoms with Crippen LogP contribution in [0.3, 0.4) is 0 Å². The molecule has 0 saturated carbocycles. The van der Waals surface area contributed by atoms with Crippen LogP contribution < -0.4 is 36.6 Å². The Labute approximate surface area is 489 Å². The van der Waals surface area contributed by atoms with Crippen LogP contribution in [-0.2, 0) is 43.2 Å². The standard InChI is InChI=1S/C23H29N3O4.C22H27N3O4.C18H21N3O2.ClH/c1-23(2,3)30-22(28)24(4)14-15-29-19-13-9-12-18-20(19)25(5)21(27)26(18)16-17-10-7-6-8-11-17;1-22(2,3)29-21(27)24(4)13-14-28-18-12-8-11-17-19(18)23-20(26)25(17)15-16-9-6-5-7-10-16;1-19-11-12-23-16-10-6-9-15-17(16)20(2)18(22)21(15)13-14-7-4-3-5-8-14;/h6-13H,14-16H2,1-5H3;5-12H,13-15H2,1-4H3,(H,23,26);3-10,19H,11-13H2,1-2H3;1H. The average molecular weight is 1160 g/mol. The van der Waals surface area contributed by atoms with Gasteiger partial charge in [0.2, 0.25) is 0 Å². The summed E-state index contributed by atoms with van der Waals surface area (Å²) in [6.45, 7) is 15.1. The normalized spacial score (nSPS) is 11.2. The Balaban J connectivity index is 0.000000200. The molecule has 0 aliphatic carbocycles. The number of para-hydroxylation sites is 3. The summed E-state index contributed by atoms with van der Waals surface area (Å²) in [7, 11) is 8.75. The zero-order valence-corrected chi connectivity index (χ0v) is 50.2. The molecular formula is C63H78ClN9O10. The number of aromatic nitrogens is 6. The first-order valence-corrected chi connectivity index (χ1v) is 27.2. The maximum Gasteiger partial charge on any atom is 0.410 e. The second-order valence-electron chi connectivity index (χ2n) is 21.7. The number of carbonyl (C=O) groups excluding carboxylic acids is 2. The fourth-order valence-corrected chi connectivity index (χ4v) is 8.87. The van der Waals surface area contributed by atoms with Crippen molar-refractivity contribution < 1.29 is 33.3 Å². The van der Waals surface area contributed by atoms with Crippen molar-refractivity contribution in [3.8, 4) is 17.2 Å². The highest BCUT2D eigenvalue weighted by Crippen LogP contribution is 2.27. The van der Waals surface area contributed by atoms with E-state index in [1.54, 1.807) is 57.1 Å². The molecule has 442 valence electrons. The Morgan fingerprint density at radius 1 is 0.494 bits per heavy atom. The molecule has 0 aliphatic rings. The van der Waals surface area contributed by atoms with Gasteiger partial charge in [0.25, 0.3) is 0 Å². The number of H-pyrrole nitrogens is 1. The first-order valence-electron chi connectivity index (χ1n) is 27.2. The summed E-state index contributed by atoms with van der Waals surface area (Å²) in [5.74, 6) is 1.92. The van der Waals surface area contributed by atoms with Crippen LogP contribution in [0.2, 0.25) is 0 Å². The van der Waals surface area contributed by atoms with E-state index in [0.29, 0.717) is 56.3 Å². The number of imidazole rings is 3. The smallest absolute Gasteiger partial charge is 0.410 e. The number of benzene rings is 6. The third-order valence-corrected chi connectivity index (χ3v) is 13.0. The molecule has 6 aromatic carbocycles. The van der Waals surface area contributed by atoms with E-state index in [2.05, 4.69) is 10.3 Å². The van der Waals surface area contributed by atoms with Crippen molar-refractivity contribution in [2.24, 2.45) is 14.1 Å². The minimum atomic E-state index is -0.544. The first kappa shape index (κ1) is 63.5. The summed E-state index contributed by atoms with van der Waals surface area (Å²) in [6.07, 6.45) is -0.799. The molecule has 2 amide bonds. The lowest BCUT2D eigenvalue weighted by atomic mass is 10.2. The van der Waals surface area contributed by atoms with E-state index >= 15 is 0 Å². The molecule has 2 N–H and O–H groups in total. The van der Waals surface area contributed by atoms with Crippen molar-refractivity contribution >= 4 is 57.7 Å². The van der Waals surface area contributed by atoms with Gasteiger partial charge in [-0.25, -0.2) is 24.0 Å². The first-order chi connectivity index (χ1) is 39.1. The Bertz CT molecular complexity index is 3740. The summed E-state index contributed by atoms with van der Waals surface area (Å²) in [5.41, 5.74) is 6.48. The number of ether oxygens (including phenoxy) is 5. The van der Waals surface area contributed by atoms with Crippen molar-refractivity contribution in [3.05, 3.63) is 194 Å². The number of hydrogen-bond donors (Lipinski definition) is 2. The predicted octanol–water partition coefficient (Wildman–Crippen LogP) is 9.67. The van der Waals surface area contributed by atoms with Gasteiger partial charge in [0, 0.05) is 34.7 Å². The SMILES string of the molecule is CN(CCOc1cccc2c1[nH]c(=O)n2Cc1ccccc1)C(=O)OC(C)(C)C.CN(CCOc1cccc2c1n(C)c(=O)n2Cc1ccccc1)C(=O)OC(C)(C)C.CNCCOc1cccc2c1n(C)c(=O)n2Cc1ccccc1.Cl.